The largest absolute Gasteiger partial charge is 0.459 e. The maximum Gasteiger partial charge on any atom is 0.316 e. The van der Waals surface area contributed by atoms with Gasteiger partial charge in [0.15, 0.2) is 17.2 Å². The molecule has 0 aliphatic carbocycles. The molecule has 18 heteroatoms. The molecule has 5 rings (SSSR count). The van der Waals surface area contributed by atoms with E-state index in [1.807, 2.05) is 38.2 Å². The van der Waals surface area contributed by atoms with Crippen molar-refractivity contribution in [3.63, 3.8) is 0 Å². The maximum absolute atomic E-state index is 14.7. The van der Waals surface area contributed by atoms with Crippen molar-refractivity contribution >= 4 is 34.0 Å². The van der Waals surface area contributed by atoms with E-state index < -0.39 is 90.0 Å². The van der Waals surface area contributed by atoms with Crippen LogP contribution < -0.4 is 5.73 Å². The highest BCUT2D eigenvalue weighted by atomic mass is 32.1. The van der Waals surface area contributed by atoms with E-state index in [9.17, 15) is 29.0 Å². The highest BCUT2D eigenvalue weighted by Crippen LogP contribution is 2.39. The third-order valence-corrected chi connectivity index (χ3v) is 14.4. The smallest absolute Gasteiger partial charge is 0.316 e. The maximum atomic E-state index is 14.7. The fourth-order valence-corrected chi connectivity index (χ4v) is 10.1. The number of methoxy groups -OCH3 is 2. The Labute approximate surface area is 380 Å². The van der Waals surface area contributed by atoms with Crippen molar-refractivity contribution in [2.24, 2.45) is 23.7 Å². The van der Waals surface area contributed by atoms with E-state index >= 15 is 0 Å². The Morgan fingerprint density at radius 1 is 1.06 bits per heavy atom. The summed E-state index contributed by atoms with van der Waals surface area (Å²) in [5.41, 5.74) is 5.02. The van der Waals surface area contributed by atoms with E-state index in [0.717, 1.165) is 16.0 Å². The van der Waals surface area contributed by atoms with Crippen LogP contribution in [0.25, 0.3) is 10.4 Å². The standard InChI is InChI=1S/C46H69FN6O10S/c1-12-36-46(8,58)41(56)27(4)38(54)25(2)21-45(7,60-11)42(28(5)39(55)29(6)43(57)62-36)63-37-20-33(19-26(3)61-37)52(9)18-17-32-24-53(51-50-32)34(22-47)40(59-10)31-15-13-30(14-16-31)35-23-49-44(48)64-35/h13-16,23-29,33-34,36-37,40-42,56,58H,12,17-22H2,1-11H3,(H2,48,49)/t25-,26-,27+,28+,29-,33+,34-,36-,37+,40-,41-,42-,45-,46-/m1/s1. The van der Waals surface area contributed by atoms with Crippen molar-refractivity contribution in [1.82, 2.24) is 24.9 Å². The Hall–Kier alpha value is -3.75. The number of ketones is 2. The number of rotatable bonds is 14. The number of Topliss-reactive ketones (excluding diaryl/α,β-unsaturated/α-hetero) is 2. The Kier molecular flexibility index (Phi) is 17.4. The number of nitrogen functional groups attached to an aromatic ring is 1. The molecule has 2 saturated heterocycles. The number of carbonyl (C=O) groups excluding carboxylic acids is 3. The first-order valence-electron chi connectivity index (χ1n) is 22.2. The summed E-state index contributed by atoms with van der Waals surface area (Å²) in [7, 11) is 5.03. The lowest BCUT2D eigenvalue weighted by Crippen LogP contribution is -2.58. The second-order valence-electron chi connectivity index (χ2n) is 18.3. The lowest BCUT2D eigenvalue weighted by Gasteiger charge is -2.46. The monoisotopic (exact) mass is 916 g/mol. The Bertz CT molecular complexity index is 2020. The van der Waals surface area contributed by atoms with Crippen LogP contribution in [-0.2, 0) is 44.5 Å². The topological polar surface area (TPSA) is 211 Å². The number of hydrogen-bond donors (Lipinski definition) is 3. The lowest BCUT2D eigenvalue weighted by atomic mass is 9.74. The normalized spacial score (nSPS) is 33.5. The average Bonchev–Trinajstić information content (AvgIpc) is 3.95. The number of likely N-dealkylation sites (N-methyl/N-ethyl adjacent to an activating group) is 1. The molecular weight excluding hydrogens is 848 g/mol. The van der Waals surface area contributed by atoms with Gasteiger partial charge in [0.1, 0.15) is 42.2 Å². The summed E-state index contributed by atoms with van der Waals surface area (Å²) in [6.07, 6.45) is 0.00595. The number of anilines is 1. The summed E-state index contributed by atoms with van der Waals surface area (Å²) < 4.78 is 47.1. The van der Waals surface area contributed by atoms with Crippen molar-refractivity contribution in [1.29, 1.82) is 0 Å². The molecule has 14 atom stereocenters. The molecule has 0 radical (unpaired) electrons. The van der Waals surface area contributed by atoms with Crippen LogP contribution in [0.4, 0.5) is 9.52 Å². The van der Waals surface area contributed by atoms with E-state index in [-0.39, 0.29) is 30.8 Å². The van der Waals surface area contributed by atoms with Crippen LogP contribution in [0.3, 0.4) is 0 Å². The molecule has 2 aliphatic rings. The van der Waals surface area contributed by atoms with Crippen LogP contribution >= 0.6 is 11.3 Å². The van der Waals surface area contributed by atoms with Gasteiger partial charge in [-0.3, -0.25) is 14.4 Å². The molecule has 0 unspecified atom stereocenters. The van der Waals surface area contributed by atoms with E-state index in [4.69, 9.17) is 29.4 Å². The Morgan fingerprint density at radius 2 is 1.75 bits per heavy atom. The molecule has 0 amide bonds. The van der Waals surface area contributed by atoms with Gasteiger partial charge in [0, 0.05) is 69.8 Å². The fourth-order valence-electron chi connectivity index (χ4n) is 9.44. The van der Waals surface area contributed by atoms with Gasteiger partial charge in [-0.15, -0.1) is 5.10 Å². The number of hydrogen-bond acceptors (Lipinski definition) is 16. The van der Waals surface area contributed by atoms with Gasteiger partial charge < -0.3 is 44.5 Å². The van der Waals surface area contributed by atoms with Crippen molar-refractivity contribution in [3.05, 3.63) is 47.9 Å². The van der Waals surface area contributed by atoms with Crippen LogP contribution in [0, 0.1) is 23.7 Å². The number of aliphatic hydroxyl groups excluding tert-OH is 1. The summed E-state index contributed by atoms with van der Waals surface area (Å²) in [5.74, 6) is -5.52. The molecule has 2 fully saturated rings. The van der Waals surface area contributed by atoms with Gasteiger partial charge in [-0.2, -0.15) is 0 Å². The molecule has 4 N–H and O–H groups in total. The van der Waals surface area contributed by atoms with Gasteiger partial charge in [0.25, 0.3) is 0 Å². The quantitative estimate of drug-likeness (QED) is 0.134. The predicted molar refractivity (Wildman–Crippen MR) is 239 cm³/mol. The molecule has 1 aromatic carbocycles. The molecule has 2 aromatic heterocycles. The lowest BCUT2D eigenvalue weighted by molar-refractivity contribution is -0.263. The number of carbonyl (C=O) groups is 3. The van der Waals surface area contributed by atoms with Gasteiger partial charge in [0.2, 0.25) is 0 Å². The number of esters is 1. The summed E-state index contributed by atoms with van der Waals surface area (Å²) >= 11 is 1.39. The van der Waals surface area contributed by atoms with Crippen molar-refractivity contribution in [2.75, 3.05) is 40.2 Å². The van der Waals surface area contributed by atoms with Crippen molar-refractivity contribution in [3.8, 4) is 10.4 Å². The number of alkyl halides is 1. The first-order valence-corrected chi connectivity index (χ1v) is 23.1. The number of nitrogens with zero attached hydrogens (tertiary/aromatic N) is 5. The molecule has 2 aliphatic heterocycles. The summed E-state index contributed by atoms with van der Waals surface area (Å²) in [6, 6.07) is 6.90. The van der Waals surface area contributed by atoms with Crippen LogP contribution in [0.2, 0.25) is 0 Å². The van der Waals surface area contributed by atoms with Gasteiger partial charge >= 0.3 is 5.97 Å². The number of thiazole rings is 1. The van der Waals surface area contributed by atoms with Gasteiger partial charge in [-0.05, 0) is 65.1 Å². The third-order valence-electron chi connectivity index (χ3n) is 13.6. The minimum absolute atomic E-state index is 0.0153. The molecule has 64 heavy (non-hydrogen) atoms. The van der Waals surface area contributed by atoms with E-state index in [2.05, 4.69) is 20.2 Å². The number of aromatic nitrogens is 4. The average molecular weight is 917 g/mol. The molecule has 3 aromatic rings. The van der Waals surface area contributed by atoms with Crippen molar-refractivity contribution < 1.29 is 52.7 Å². The zero-order valence-electron chi connectivity index (χ0n) is 39.1. The number of nitrogens with two attached hydrogens (primary N) is 1. The van der Waals surface area contributed by atoms with Crippen molar-refractivity contribution in [2.45, 2.75) is 148 Å². The number of aliphatic hydroxyl groups is 2. The van der Waals surface area contributed by atoms with Gasteiger partial charge in [0.05, 0.1) is 34.5 Å². The second kappa shape index (κ2) is 21.7. The summed E-state index contributed by atoms with van der Waals surface area (Å²) in [5, 5.41) is 31.9. The first-order chi connectivity index (χ1) is 30.2. The molecular formula is C46H69FN6O10S. The summed E-state index contributed by atoms with van der Waals surface area (Å²) in [6.45, 7) is 13.0. The third kappa shape index (κ3) is 11.4. The fraction of sp³-hybridized carbons (Fsp3) is 0.696. The zero-order valence-corrected chi connectivity index (χ0v) is 39.9. The molecule has 0 saturated carbocycles. The number of halogens is 1. The highest BCUT2D eigenvalue weighted by Gasteiger charge is 2.51. The van der Waals surface area contributed by atoms with Crippen LogP contribution in [0.15, 0.2) is 36.7 Å². The van der Waals surface area contributed by atoms with E-state index in [1.54, 1.807) is 54.1 Å². The highest BCUT2D eigenvalue weighted by molar-refractivity contribution is 7.18. The number of benzene rings is 1. The second-order valence-corrected chi connectivity index (χ2v) is 19.3. The molecule has 16 nitrogen and oxygen atoms in total. The van der Waals surface area contributed by atoms with Gasteiger partial charge in [-0.25, -0.2) is 14.1 Å². The number of cyclic esters (lactones) is 1. The Morgan fingerprint density at radius 3 is 2.34 bits per heavy atom. The molecule has 0 spiro atoms. The van der Waals surface area contributed by atoms with Crippen LogP contribution in [-0.4, -0.2) is 135 Å². The Balaban J connectivity index is 1.30. The van der Waals surface area contributed by atoms with Gasteiger partial charge in [-0.1, -0.05) is 68.5 Å². The summed E-state index contributed by atoms with van der Waals surface area (Å²) in [4.78, 5) is 48.9. The van der Waals surface area contributed by atoms with E-state index in [0.29, 0.717) is 36.6 Å². The van der Waals surface area contributed by atoms with Crippen LogP contribution in [0.1, 0.15) is 104 Å². The molecule has 0 bridgehead atoms. The minimum atomic E-state index is -1.97. The number of ether oxygens (including phenoxy) is 5. The SMILES string of the molecule is CC[C@H]1OC(=O)[C@H](C)C(=O)[C@H](C)[C@@H](O[C@H]2C[C@@H](N(C)CCc3cn([C@H](CF)[C@H](OC)c4ccc(-c5cnc(N)s5)cc4)nn3)C[C@@H](C)O2)[C@](C)(OC)C[C@@H](C)C(=O)[C@H](C)[C@@H](O)[C@]1(C)O. The zero-order chi connectivity index (χ0) is 47.3. The molecule has 4 heterocycles. The first kappa shape index (κ1) is 51.2. The van der Waals surface area contributed by atoms with Crippen LogP contribution in [0.5, 0.6) is 0 Å². The minimum Gasteiger partial charge on any atom is -0.459 e. The van der Waals surface area contributed by atoms with E-state index in [1.165, 1.54) is 37.0 Å². The predicted octanol–water partition coefficient (Wildman–Crippen LogP) is 5.56. The molecule has 356 valence electrons.